The van der Waals surface area contributed by atoms with Crippen molar-refractivity contribution in [2.75, 3.05) is 0 Å². The van der Waals surface area contributed by atoms with Gasteiger partial charge in [0.05, 0.1) is 5.69 Å². The SMILES string of the molecule is CCC(N)Cc1c(C)nn(CC(CC)CC)c1C. The first-order valence-electron chi connectivity index (χ1n) is 7.31. The summed E-state index contributed by atoms with van der Waals surface area (Å²) in [5.41, 5.74) is 9.89. The molecule has 0 saturated carbocycles. The maximum Gasteiger partial charge on any atom is 0.0629 e. The van der Waals surface area contributed by atoms with Crippen LogP contribution in [-0.4, -0.2) is 15.8 Å². The topological polar surface area (TPSA) is 43.8 Å². The number of hydrogen-bond donors (Lipinski definition) is 1. The number of aryl methyl sites for hydroxylation is 1. The molecule has 0 radical (unpaired) electrons. The van der Waals surface area contributed by atoms with Crippen LogP contribution in [0.3, 0.4) is 0 Å². The molecule has 3 nitrogen and oxygen atoms in total. The van der Waals surface area contributed by atoms with E-state index in [-0.39, 0.29) is 6.04 Å². The highest BCUT2D eigenvalue weighted by Gasteiger charge is 2.15. The molecule has 1 aromatic heterocycles. The number of hydrogen-bond acceptors (Lipinski definition) is 2. The molecule has 0 spiro atoms. The summed E-state index contributed by atoms with van der Waals surface area (Å²) < 4.78 is 2.19. The second kappa shape index (κ2) is 6.93. The van der Waals surface area contributed by atoms with Crippen molar-refractivity contribution in [3.05, 3.63) is 17.0 Å². The van der Waals surface area contributed by atoms with E-state index in [2.05, 4.69) is 39.3 Å². The Morgan fingerprint density at radius 1 is 1.11 bits per heavy atom. The average Bonchev–Trinajstić information content (AvgIpc) is 2.63. The largest absolute Gasteiger partial charge is 0.327 e. The third kappa shape index (κ3) is 3.58. The molecule has 0 aromatic carbocycles. The van der Waals surface area contributed by atoms with Crippen LogP contribution in [0.1, 0.15) is 57.0 Å². The minimum absolute atomic E-state index is 0.258. The fourth-order valence-electron chi connectivity index (χ4n) is 2.41. The van der Waals surface area contributed by atoms with Gasteiger partial charge < -0.3 is 5.73 Å². The highest BCUT2D eigenvalue weighted by molar-refractivity contribution is 5.25. The molecule has 2 N–H and O–H groups in total. The average molecular weight is 251 g/mol. The maximum atomic E-state index is 6.07. The van der Waals surface area contributed by atoms with Crippen LogP contribution in [0.15, 0.2) is 0 Å². The van der Waals surface area contributed by atoms with Crippen molar-refractivity contribution in [3.8, 4) is 0 Å². The van der Waals surface area contributed by atoms with Crippen LogP contribution in [0, 0.1) is 19.8 Å². The predicted molar refractivity (Wildman–Crippen MR) is 77.7 cm³/mol. The van der Waals surface area contributed by atoms with Gasteiger partial charge in [0, 0.05) is 18.3 Å². The lowest BCUT2D eigenvalue weighted by Crippen LogP contribution is -2.22. The van der Waals surface area contributed by atoms with E-state index in [0.717, 1.165) is 31.0 Å². The van der Waals surface area contributed by atoms with E-state index in [4.69, 9.17) is 10.8 Å². The molecule has 1 heterocycles. The van der Waals surface area contributed by atoms with Gasteiger partial charge in [0.25, 0.3) is 0 Å². The van der Waals surface area contributed by atoms with Crippen molar-refractivity contribution in [1.29, 1.82) is 0 Å². The Morgan fingerprint density at radius 2 is 1.72 bits per heavy atom. The Hall–Kier alpha value is -0.830. The summed E-state index contributed by atoms with van der Waals surface area (Å²) in [6.45, 7) is 12.0. The first kappa shape index (κ1) is 15.2. The molecule has 0 saturated heterocycles. The Bertz CT molecular complexity index is 364. The molecule has 1 atom stereocenters. The number of nitrogens with two attached hydrogens (primary N) is 1. The van der Waals surface area contributed by atoms with Crippen molar-refractivity contribution < 1.29 is 0 Å². The van der Waals surface area contributed by atoms with E-state index in [1.807, 2.05) is 0 Å². The lowest BCUT2D eigenvalue weighted by Gasteiger charge is -2.14. The van der Waals surface area contributed by atoms with Crippen molar-refractivity contribution in [2.45, 2.75) is 72.9 Å². The number of nitrogens with zero attached hydrogens (tertiary/aromatic N) is 2. The van der Waals surface area contributed by atoms with Gasteiger partial charge >= 0.3 is 0 Å². The van der Waals surface area contributed by atoms with Crippen LogP contribution in [-0.2, 0) is 13.0 Å². The summed E-state index contributed by atoms with van der Waals surface area (Å²) in [5, 5.41) is 4.69. The van der Waals surface area contributed by atoms with Gasteiger partial charge in [-0.05, 0) is 38.2 Å². The van der Waals surface area contributed by atoms with Crippen LogP contribution < -0.4 is 5.73 Å². The summed E-state index contributed by atoms with van der Waals surface area (Å²) in [4.78, 5) is 0. The molecule has 0 aliphatic carbocycles. The fourth-order valence-corrected chi connectivity index (χ4v) is 2.41. The van der Waals surface area contributed by atoms with E-state index in [1.54, 1.807) is 0 Å². The molecule has 1 rings (SSSR count). The molecule has 0 aliphatic heterocycles. The highest BCUT2D eigenvalue weighted by Crippen LogP contribution is 2.18. The highest BCUT2D eigenvalue weighted by atomic mass is 15.3. The zero-order valence-corrected chi connectivity index (χ0v) is 12.7. The molecule has 104 valence electrons. The third-order valence-electron chi connectivity index (χ3n) is 4.11. The second-order valence-electron chi connectivity index (χ2n) is 5.39. The standard InChI is InChI=1S/C15H29N3/c1-6-13(7-2)10-18-12(5)15(11(4)17-18)9-14(16)8-3/h13-14H,6-10,16H2,1-5H3. The summed E-state index contributed by atoms with van der Waals surface area (Å²) in [5.74, 6) is 0.732. The zero-order valence-electron chi connectivity index (χ0n) is 12.7. The normalized spacial score (nSPS) is 13.3. The second-order valence-corrected chi connectivity index (χ2v) is 5.39. The van der Waals surface area contributed by atoms with E-state index < -0.39 is 0 Å². The Labute approximate surface area is 112 Å². The van der Waals surface area contributed by atoms with Gasteiger partial charge in [0.15, 0.2) is 0 Å². The van der Waals surface area contributed by atoms with Crippen molar-refractivity contribution in [2.24, 2.45) is 11.7 Å². The third-order valence-corrected chi connectivity index (χ3v) is 4.11. The van der Waals surface area contributed by atoms with E-state index >= 15 is 0 Å². The molecular weight excluding hydrogens is 222 g/mol. The molecule has 18 heavy (non-hydrogen) atoms. The molecule has 3 heteroatoms. The van der Waals surface area contributed by atoms with Gasteiger partial charge in [0.1, 0.15) is 0 Å². The smallest absolute Gasteiger partial charge is 0.0629 e. The Kier molecular flexibility index (Phi) is 5.86. The van der Waals surface area contributed by atoms with Crippen molar-refractivity contribution in [3.63, 3.8) is 0 Å². The van der Waals surface area contributed by atoms with Gasteiger partial charge in [0.2, 0.25) is 0 Å². The Morgan fingerprint density at radius 3 is 2.22 bits per heavy atom. The van der Waals surface area contributed by atoms with Crippen LogP contribution in [0.4, 0.5) is 0 Å². The first-order valence-corrected chi connectivity index (χ1v) is 7.31. The molecule has 0 bridgehead atoms. The molecule has 1 unspecified atom stereocenters. The monoisotopic (exact) mass is 251 g/mol. The van der Waals surface area contributed by atoms with E-state index in [0.29, 0.717) is 0 Å². The number of aromatic nitrogens is 2. The zero-order chi connectivity index (χ0) is 13.7. The van der Waals surface area contributed by atoms with Crippen molar-refractivity contribution >= 4 is 0 Å². The summed E-state index contributed by atoms with van der Waals surface area (Å²) >= 11 is 0. The lowest BCUT2D eigenvalue weighted by atomic mass is 10.0. The summed E-state index contributed by atoms with van der Waals surface area (Å²) in [6.07, 6.45) is 4.42. The van der Waals surface area contributed by atoms with Gasteiger partial charge in [-0.2, -0.15) is 5.10 Å². The van der Waals surface area contributed by atoms with Crippen molar-refractivity contribution in [1.82, 2.24) is 9.78 Å². The molecule has 0 amide bonds. The number of rotatable bonds is 7. The molecule has 0 fully saturated rings. The van der Waals surface area contributed by atoms with Gasteiger partial charge in [-0.15, -0.1) is 0 Å². The van der Waals surface area contributed by atoms with Crippen LogP contribution in [0.5, 0.6) is 0 Å². The van der Waals surface area contributed by atoms with Crippen LogP contribution in [0.2, 0.25) is 0 Å². The van der Waals surface area contributed by atoms with Crippen LogP contribution >= 0.6 is 0 Å². The first-order chi connectivity index (χ1) is 8.53. The predicted octanol–water partition coefficient (Wildman–Crippen LogP) is 3.22. The minimum atomic E-state index is 0.258. The maximum absolute atomic E-state index is 6.07. The van der Waals surface area contributed by atoms with Gasteiger partial charge in [-0.3, -0.25) is 4.68 Å². The quantitative estimate of drug-likeness (QED) is 0.808. The summed E-state index contributed by atoms with van der Waals surface area (Å²) in [7, 11) is 0. The molecule has 0 aliphatic rings. The molecular formula is C15H29N3. The van der Waals surface area contributed by atoms with Gasteiger partial charge in [-0.1, -0.05) is 33.6 Å². The molecule has 1 aromatic rings. The van der Waals surface area contributed by atoms with Gasteiger partial charge in [-0.25, -0.2) is 0 Å². The van der Waals surface area contributed by atoms with E-state index in [9.17, 15) is 0 Å². The lowest BCUT2D eigenvalue weighted by molar-refractivity contribution is 0.390. The van der Waals surface area contributed by atoms with E-state index in [1.165, 1.54) is 24.1 Å². The minimum Gasteiger partial charge on any atom is -0.327 e. The summed E-state index contributed by atoms with van der Waals surface area (Å²) in [6, 6.07) is 0.258. The van der Waals surface area contributed by atoms with Crippen LogP contribution in [0.25, 0.3) is 0 Å². The Balaban J connectivity index is 2.86. The fraction of sp³-hybridized carbons (Fsp3) is 0.800.